The molecule has 0 saturated heterocycles. The molecule has 0 radical (unpaired) electrons. The topological polar surface area (TPSA) is 57.6 Å². The third kappa shape index (κ3) is 2.49. The number of rotatable bonds is 3. The molecule has 0 aliphatic heterocycles. The van der Waals surface area contributed by atoms with Crippen LogP contribution in [-0.4, -0.2) is 11.7 Å². The Bertz CT molecular complexity index is 363. The molecule has 0 spiro atoms. The molecular formula is C10H11N2O2+. The number of ether oxygens (including phenoxy) is 1. The summed E-state index contributed by atoms with van der Waals surface area (Å²) in [5, 5.41) is 17.5. The molecule has 4 heteroatoms. The number of aliphatic hydroxyl groups excluding tert-OH is 1. The largest absolute Gasteiger partial charge is 0.501 e. The van der Waals surface area contributed by atoms with Gasteiger partial charge in [0.2, 0.25) is 11.2 Å². The molecule has 0 aliphatic carbocycles. The second-order valence-electron chi connectivity index (χ2n) is 2.59. The maximum absolute atomic E-state index is 9.31. The molecule has 1 aromatic rings. The third-order valence-electron chi connectivity index (χ3n) is 1.64. The van der Waals surface area contributed by atoms with Crippen molar-refractivity contribution in [3.63, 3.8) is 0 Å². The fourth-order valence-electron chi connectivity index (χ4n) is 1.02. The van der Waals surface area contributed by atoms with E-state index in [1.54, 1.807) is 24.3 Å². The second kappa shape index (κ2) is 4.87. The van der Waals surface area contributed by atoms with Gasteiger partial charge < -0.3 is 9.84 Å². The standard InChI is InChI=1S/C10H10N2O2/c1-2-14-9-5-3-8(4-6-9)10(13)7-12-11/h3-7H,2H2,1H3/p+1/b10-7+. The number of hydrogen-bond acceptors (Lipinski definition) is 3. The summed E-state index contributed by atoms with van der Waals surface area (Å²) in [5.41, 5.74) is 0.575. The fourth-order valence-corrected chi connectivity index (χ4v) is 1.02. The molecule has 1 rings (SSSR count). The lowest BCUT2D eigenvalue weighted by molar-refractivity contribution is 0.340. The van der Waals surface area contributed by atoms with Crippen molar-refractivity contribution in [2.45, 2.75) is 6.92 Å². The molecule has 14 heavy (non-hydrogen) atoms. The highest BCUT2D eigenvalue weighted by Gasteiger charge is 2.03. The lowest BCUT2D eigenvalue weighted by Crippen LogP contribution is -1.91. The predicted molar refractivity (Wildman–Crippen MR) is 53.3 cm³/mol. The van der Waals surface area contributed by atoms with E-state index in [4.69, 9.17) is 10.1 Å². The van der Waals surface area contributed by atoms with Crippen LogP contribution in [0.3, 0.4) is 0 Å². The molecule has 0 amide bonds. The van der Waals surface area contributed by atoms with Gasteiger partial charge in [0.1, 0.15) is 5.75 Å². The Morgan fingerprint density at radius 2 is 2.14 bits per heavy atom. The van der Waals surface area contributed by atoms with E-state index >= 15 is 0 Å². The summed E-state index contributed by atoms with van der Waals surface area (Å²) in [4.78, 5) is 2.73. The Kier molecular flexibility index (Phi) is 3.50. The van der Waals surface area contributed by atoms with Gasteiger partial charge in [0.05, 0.1) is 6.61 Å². The van der Waals surface area contributed by atoms with Crippen LogP contribution in [0.4, 0.5) is 0 Å². The second-order valence-corrected chi connectivity index (χ2v) is 2.59. The van der Waals surface area contributed by atoms with Crippen molar-refractivity contribution in [2.24, 2.45) is 0 Å². The zero-order valence-electron chi connectivity index (χ0n) is 7.84. The zero-order valence-corrected chi connectivity index (χ0v) is 7.84. The van der Waals surface area contributed by atoms with Gasteiger partial charge in [-0.25, -0.2) is 0 Å². The molecule has 0 saturated carbocycles. The molecule has 72 valence electrons. The van der Waals surface area contributed by atoms with Crippen LogP contribution < -0.4 is 4.74 Å². The Labute approximate surface area is 82.1 Å². The third-order valence-corrected chi connectivity index (χ3v) is 1.64. The Hall–Kier alpha value is -2.02. The lowest BCUT2D eigenvalue weighted by Gasteiger charge is -2.02. The van der Waals surface area contributed by atoms with Crippen LogP contribution in [0.15, 0.2) is 30.5 Å². The van der Waals surface area contributed by atoms with Gasteiger partial charge in [0.25, 0.3) is 0 Å². The van der Waals surface area contributed by atoms with Gasteiger partial charge >= 0.3 is 6.20 Å². The van der Waals surface area contributed by atoms with E-state index in [0.29, 0.717) is 12.2 Å². The number of aliphatic hydroxyl groups is 1. The van der Waals surface area contributed by atoms with Gasteiger partial charge in [-0.05, 0) is 31.2 Å². The molecular weight excluding hydrogens is 180 g/mol. The van der Waals surface area contributed by atoms with Crippen LogP contribution in [0.1, 0.15) is 12.5 Å². The molecule has 0 atom stereocenters. The molecule has 0 fully saturated rings. The van der Waals surface area contributed by atoms with Crippen LogP contribution in [0.2, 0.25) is 0 Å². The maximum Gasteiger partial charge on any atom is 0.392 e. The van der Waals surface area contributed by atoms with E-state index in [-0.39, 0.29) is 5.76 Å². The molecule has 4 nitrogen and oxygen atoms in total. The van der Waals surface area contributed by atoms with Crippen LogP contribution in [0.5, 0.6) is 5.75 Å². The van der Waals surface area contributed by atoms with E-state index in [1.165, 1.54) is 0 Å². The highest BCUT2D eigenvalue weighted by Crippen LogP contribution is 2.16. The van der Waals surface area contributed by atoms with Gasteiger partial charge in [-0.3, -0.25) is 0 Å². The van der Waals surface area contributed by atoms with E-state index in [9.17, 15) is 5.11 Å². The summed E-state index contributed by atoms with van der Waals surface area (Å²) in [6.45, 7) is 2.50. The fraction of sp³-hybridized carbons (Fsp3) is 0.200. The van der Waals surface area contributed by atoms with Crippen molar-refractivity contribution in [1.82, 2.24) is 0 Å². The first-order valence-corrected chi connectivity index (χ1v) is 4.24. The highest BCUT2D eigenvalue weighted by atomic mass is 16.5. The number of diazo groups is 1. The minimum absolute atomic E-state index is 0.0875. The van der Waals surface area contributed by atoms with E-state index in [0.717, 1.165) is 11.9 Å². The first kappa shape index (κ1) is 10.1. The molecule has 0 heterocycles. The summed E-state index contributed by atoms with van der Waals surface area (Å²) < 4.78 is 5.23. The molecule has 0 aromatic heterocycles. The minimum atomic E-state index is -0.0875. The summed E-state index contributed by atoms with van der Waals surface area (Å²) in [5.74, 6) is 0.653. The summed E-state index contributed by atoms with van der Waals surface area (Å²) >= 11 is 0. The van der Waals surface area contributed by atoms with Crippen LogP contribution in [0.25, 0.3) is 10.7 Å². The van der Waals surface area contributed by atoms with Gasteiger partial charge in [-0.2, -0.15) is 0 Å². The summed E-state index contributed by atoms with van der Waals surface area (Å²) in [6, 6.07) is 6.84. The molecule has 1 N–H and O–H groups in total. The van der Waals surface area contributed by atoms with Crippen molar-refractivity contribution in [2.75, 3.05) is 6.61 Å². The first-order valence-electron chi connectivity index (χ1n) is 4.24. The van der Waals surface area contributed by atoms with Crippen molar-refractivity contribution in [3.8, 4) is 5.75 Å². The van der Waals surface area contributed by atoms with Crippen molar-refractivity contribution in [3.05, 3.63) is 41.0 Å². The molecule has 1 aromatic carbocycles. The number of nitrogens with zero attached hydrogens (tertiary/aromatic N) is 2. The van der Waals surface area contributed by atoms with E-state index < -0.39 is 0 Å². The number of hydrogen-bond donors (Lipinski definition) is 1. The van der Waals surface area contributed by atoms with Crippen molar-refractivity contribution < 1.29 is 9.84 Å². The SMILES string of the molecule is CCOc1ccc(/C(O)=C\[N+]#N)cc1. The van der Waals surface area contributed by atoms with Gasteiger partial charge in [-0.1, -0.05) is 0 Å². The number of benzene rings is 1. The maximum atomic E-state index is 9.31. The Morgan fingerprint density at radius 3 is 2.64 bits per heavy atom. The van der Waals surface area contributed by atoms with E-state index in [1.807, 2.05) is 6.92 Å². The van der Waals surface area contributed by atoms with Gasteiger partial charge in [-0.15, -0.1) is 0 Å². The normalized spacial score (nSPS) is 10.7. The Balaban J connectivity index is 2.84. The van der Waals surface area contributed by atoms with Gasteiger partial charge in [0, 0.05) is 5.56 Å². The average molecular weight is 191 g/mol. The Morgan fingerprint density at radius 1 is 1.50 bits per heavy atom. The van der Waals surface area contributed by atoms with Crippen molar-refractivity contribution in [1.29, 1.82) is 5.39 Å². The average Bonchev–Trinajstić information content (AvgIpc) is 2.20. The summed E-state index contributed by atoms with van der Waals surface area (Å²) in [7, 11) is 0. The van der Waals surface area contributed by atoms with E-state index in [2.05, 4.69) is 4.98 Å². The van der Waals surface area contributed by atoms with Crippen LogP contribution in [0, 0.1) is 5.39 Å². The lowest BCUT2D eigenvalue weighted by atomic mass is 10.2. The zero-order chi connectivity index (χ0) is 10.4. The molecule has 0 unspecified atom stereocenters. The quantitative estimate of drug-likeness (QED) is 0.590. The van der Waals surface area contributed by atoms with Crippen LogP contribution in [-0.2, 0) is 0 Å². The first-order chi connectivity index (χ1) is 6.77. The van der Waals surface area contributed by atoms with Crippen molar-refractivity contribution >= 4 is 5.76 Å². The smallest absolute Gasteiger partial charge is 0.392 e. The predicted octanol–water partition coefficient (Wildman–Crippen LogP) is 2.79. The minimum Gasteiger partial charge on any atom is -0.501 e. The monoisotopic (exact) mass is 191 g/mol. The molecule has 0 bridgehead atoms. The highest BCUT2D eigenvalue weighted by molar-refractivity contribution is 5.59. The van der Waals surface area contributed by atoms with Crippen LogP contribution >= 0.6 is 0 Å². The molecule has 0 aliphatic rings. The van der Waals surface area contributed by atoms with Gasteiger partial charge in [0.15, 0.2) is 4.98 Å². The summed E-state index contributed by atoms with van der Waals surface area (Å²) in [6.07, 6.45) is 0.968.